The number of carbonyl (C=O) groups excluding carboxylic acids is 2. The molecule has 2 fully saturated rings. The Morgan fingerprint density at radius 1 is 1.30 bits per heavy atom. The van der Waals surface area contributed by atoms with Crippen molar-refractivity contribution in [2.45, 2.75) is 42.2 Å². The predicted molar refractivity (Wildman–Crippen MR) is 97.2 cm³/mol. The zero-order valence-corrected chi connectivity index (χ0v) is 14.8. The number of para-hydroxylation sites is 1. The van der Waals surface area contributed by atoms with Gasteiger partial charge in [0.05, 0.1) is 5.69 Å². The highest BCUT2D eigenvalue weighted by molar-refractivity contribution is 8.13. The Morgan fingerprint density at radius 2 is 2.09 bits per heavy atom. The van der Waals surface area contributed by atoms with E-state index in [4.69, 9.17) is 0 Å². The molecule has 1 aromatic carbocycles. The Labute approximate surface area is 145 Å². The number of amides is 2. The molecule has 6 heteroatoms. The van der Waals surface area contributed by atoms with Crippen LogP contribution in [0.15, 0.2) is 29.2 Å². The van der Waals surface area contributed by atoms with E-state index < -0.39 is 0 Å². The summed E-state index contributed by atoms with van der Waals surface area (Å²) in [5, 5.41) is 3.78. The minimum atomic E-state index is -0.0193. The van der Waals surface area contributed by atoms with Crippen LogP contribution in [0.2, 0.25) is 0 Å². The van der Waals surface area contributed by atoms with Crippen LogP contribution in [0.5, 0.6) is 0 Å². The van der Waals surface area contributed by atoms with Gasteiger partial charge in [-0.15, -0.1) is 11.8 Å². The Kier molecular flexibility index (Phi) is 5.89. The Hall–Kier alpha value is -1.14. The number of hydrogen-bond acceptors (Lipinski definition) is 4. The molecule has 0 unspecified atom stereocenters. The van der Waals surface area contributed by atoms with Crippen LogP contribution in [0.25, 0.3) is 0 Å². The van der Waals surface area contributed by atoms with Crippen LogP contribution < -0.4 is 5.32 Å². The molecule has 1 aliphatic heterocycles. The van der Waals surface area contributed by atoms with Gasteiger partial charge in [0.1, 0.15) is 0 Å². The lowest BCUT2D eigenvalue weighted by Gasteiger charge is -2.16. The van der Waals surface area contributed by atoms with Crippen molar-refractivity contribution >= 4 is 40.4 Å². The van der Waals surface area contributed by atoms with Crippen molar-refractivity contribution in [2.75, 3.05) is 24.2 Å². The fourth-order valence-electron chi connectivity index (χ4n) is 2.94. The van der Waals surface area contributed by atoms with E-state index in [9.17, 15) is 9.59 Å². The normalized spacial score (nSPS) is 18.6. The van der Waals surface area contributed by atoms with Crippen LogP contribution in [0, 0.1) is 0 Å². The largest absolute Gasteiger partial charge is 0.332 e. The molecule has 0 aromatic heterocycles. The lowest BCUT2D eigenvalue weighted by Crippen LogP contribution is -2.27. The van der Waals surface area contributed by atoms with Gasteiger partial charge in [0.2, 0.25) is 5.91 Å². The second kappa shape index (κ2) is 8.11. The number of carbonyl (C=O) groups is 2. The summed E-state index contributed by atoms with van der Waals surface area (Å²) < 4.78 is 0. The molecule has 1 heterocycles. The number of hydrogen-bond donors (Lipinski definition) is 1. The molecule has 1 N–H and O–H groups in total. The zero-order valence-electron chi connectivity index (χ0n) is 13.1. The first-order valence-electron chi connectivity index (χ1n) is 8.19. The Bertz CT molecular complexity index is 573. The molecule has 0 bridgehead atoms. The van der Waals surface area contributed by atoms with Crippen LogP contribution in [0.3, 0.4) is 0 Å². The van der Waals surface area contributed by atoms with Crippen molar-refractivity contribution in [3.05, 3.63) is 24.3 Å². The second-order valence-electron chi connectivity index (χ2n) is 5.92. The molecule has 1 saturated heterocycles. The molecule has 3 rings (SSSR count). The van der Waals surface area contributed by atoms with Gasteiger partial charge in [-0.1, -0.05) is 36.7 Å². The Morgan fingerprint density at radius 3 is 2.83 bits per heavy atom. The van der Waals surface area contributed by atoms with Crippen molar-refractivity contribution in [3.8, 4) is 0 Å². The summed E-state index contributed by atoms with van der Waals surface area (Å²) in [5.74, 6) is 0.815. The molecule has 2 aliphatic rings. The molecule has 1 aromatic rings. The van der Waals surface area contributed by atoms with E-state index in [1.54, 1.807) is 4.90 Å². The second-order valence-corrected chi connectivity index (χ2v) is 8.31. The first-order chi connectivity index (χ1) is 11.2. The third-order valence-electron chi connectivity index (χ3n) is 4.21. The summed E-state index contributed by atoms with van der Waals surface area (Å²) >= 11 is 3.21. The third kappa shape index (κ3) is 4.67. The maximum atomic E-state index is 12.2. The summed E-state index contributed by atoms with van der Waals surface area (Å²) in [7, 11) is 0. The molecule has 0 atom stereocenters. The highest BCUT2D eigenvalue weighted by atomic mass is 32.2. The molecule has 0 radical (unpaired) electrons. The van der Waals surface area contributed by atoms with E-state index in [0.717, 1.165) is 22.9 Å². The van der Waals surface area contributed by atoms with Gasteiger partial charge in [0.15, 0.2) is 0 Å². The van der Waals surface area contributed by atoms with Crippen molar-refractivity contribution in [1.29, 1.82) is 0 Å². The Balaban J connectivity index is 1.54. The highest BCUT2D eigenvalue weighted by Crippen LogP contribution is 2.38. The monoisotopic (exact) mass is 350 g/mol. The standard InChI is InChI=1S/C17H22N2O2S2/c20-16(9-10-19-11-12-22-17(19)21)18-14-7-3-4-8-15(14)23-13-5-1-2-6-13/h3-4,7-8,13H,1-2,5-6,9-12H2,(H,18,20). The van der Waals surface area contributed by atoms with Gasteiger partial charge in [-0.25, -0.2) is 0 Å². The minimum Gasteiger partial charge on any atom is -0.332 e. The maximum Gasteiger partial charge on any atom is 0.281 e. The molecule has 1 aliphatic carbocycles. The van der Waals surface area contributed by atoms with Crippen LogP contribution >= 0.6 is 23.5 Å². The van der Waals surface area contributed by atoms with Crippen LogP contribution in [-0.4, -0.2) is 40.1 Å². The van der Waals surface area contributed by atoms with Gasteiger partial charge in [-0.2, -0.15) is 0 Å². The molecule has 4 nitrogen and oxygen atoms in total. The average molecular weight is 351 g/mol. The SMILES string of the molecule is O=C(CCN1CCSC1=O)Nc1ccccc1SC1CCCC1. The van der Waals surface area contributed by atoms with Crippen molar-refractivity contribution in [1.82, 2.24) is 4.90 Å². The summed E-state index contributed by atoms with van der Waals surface area (Å²) in [6.45, 7) is 1.26. The molecule has 23 heavy (non-hydrogen) atoms. The topological polar surface area (TPSA) is 49.4 Å². The molecule has 0 spiro atoms. The fourth-order valence-corrected chi connectivity index (χ4v) is 5.12. The van der Waals surface area contributed by atoms with Gasteiger partial charge in [-0.05, 0) is 25.0 Å². The van der Waals surface area contributed by atoms with E-state index in [-0.39, 0.29) is 11.1 Å². The van der Waals surface area contributed by atoms with E-state index in [0.29, 0.717) is 18.2 Å². The molecular weight excluding hydrogens is 328 g/mol. The van der Waals surface area contributed by atoms with Crippen LogP contribution in [-0.2, 0) is 4.79 Å². The van der Waals surface area contributed by atoms with Gasteiger partial charge in [-0.3, -0.25) is 9.59 Å². The number of benzene rings is 1. The number of nitrogens with zero attached hydrogens (tertiary/aromatic N) is 1. The molecule has 2 amide bonds. The summed E-state index contributed by atoms with van der Waals surface area (Å²) in [6.07, 6.45) is 5.51. The first-order valence-corrected chi connectivity index (χ1v) is 10.1. The van der Waals surface area contributed by atoms with Crippen LogP contribution in [0.4, 0.5) is 10.5 Å². The smallest absolute Gasteiger partial charge is 0.281 e. The summed E-state index contributed by atoms with van der Waals surface area (Å²) in [5.41, 5.74) is 0.900. The molecular formula is C17H22N2O2S2. The quantitative estimate of drug-likeness (QED) is 0.834. The van der Waals surface area contributed by atoms with Gasteiger partial charge in [0, 0.05) is 35.4 Å². The molecule has 124 valence electrons. The van der Waals surface area contributed by atoms with E-state index in [2.05, 4.69) is 11.4 Å². The minimum absolute atomic E-state index is 0.0193. The number of thioether (sulfide) groups is 2. The first kappa shape index (κ1) is 16.7. The lowest BCUT2D eigenvalue weighted by molar-refractivity contribution is -0.116. The van der Waals surface area contributed by atoms with E-state index >= 15 is 0 Å². The van der Waals surface area contributed by atoms with Crippen molar-refractivity contribution in [3.63, 3.8) is 0 Å². The number of nitrogens with one attached hydrogen (secondary N) is 1. The van der Waals surface area contributed by atoms with E-state index in [1.165, 1.54) is 37.4 Å². The highest BCUT2D eigenvalue weighted by Gasteiger charge is 2.22. The van der Waals surface area contributed by atoms with Gasteiger partial charge >= 0.3 is 0 Å². The zero-order chi connectivity index (χ0) is 16.1. The average Bonchev–Trinajstić information content (AvgIpc) is 3.19. The summed E-state index contributed by atoms with van der Waals surface area (Å²) in [6, 6.07) is 8.02. The van der Waals surface area contributed by atoms with E-state index in [1.807, 2.05) is 30.0 Å². The summed E-state index contributed by atoms with van der Waals surface area (Å²) in [4.78, 5) is 26.7. The van der Waals surface area contributed by atoms with Crippen LogP contribution in [0.1, 0.15) is 32.1 Å². The predicted octanol–water partition coefficient (Wildman–Crippen LogP) is 4.22. The number of rotatable bonds is 6. The third-order valence-corrected chi connectivity index (χ3v) is 6.52. The number of anilines is 1. The van der Waals surface area contributed by atoms with Crippen molar-refractivity contribution in [2.24, 2.45) is 0 Å². The van der Waals surface area contributed by atoms with Gasteiger partial charge in [0.25, 0.3) is 5.24 Å². The maximum absolute atomic E-state index is 12.2. The van der Waals surface area contributed by atoms with Gasteiger partial charge < -0.3 is 10.2 Å². The van der Waals surface area contributed by atoms with Crippen molar-refractivity contribution < 1.29 is 9.59 Å². The lowest BCUT2D eigenvalue weighted by atomic mass is 10.3. The fraction of sp³-hybridized carbons (Fsp3) is 0.529. The molecule has 1 saturated carbocycles.